The maximum atomic E-state index is 14.0. The molecule has 44 heavy (non-hydrogen) atoms. The molecule has 5 rings (SSSR count). The highest BCUT2D eigenvalue weighted by molar-refractivity contribution is 9.10. The maximum Gasteiger partial charge on any atom is 0.338 e. The zero-order chi connectivity index (χ0) is 31.4. The minimum atomic E-state index is -0.678. The summed E-state index contributed by atoms with van der Waals surface area (Å²) >= 11 is 6.47. The van der Waals surface area contributed by atoms with Crippen LogP contribution in [0.4, 0.5) is 0 Å². The van der Waals surface area contributed by atoms with E-state index >= 15 is 0 Å². The van der Waals surface area contributed by atoms with E-state index in [0.717, 1.165) is 16.0 Å². The first kappa shape index (κ1) is 31.3. The van der Waals surface area contributed by atoms with Gasteiger partial charge in [0.25, 0.3) is 5.56 Å². The van der Waals surface area contributed by atoms with Crippen LogP contribution in [0.3, 0.4) is 0 Å². The molecule has 0 saturated carbocycles. The van der Waals surface area contributed by atoms with Crippen LogP contribution in [0.15, 0.2) is 91.1 Å². The Labute approximate surface area is 271 Å². The molecule has 0 saturated heterocycles. The standard InChI is InChI=1S/C33H28BrN3O5S2/c1-5-41-32(39)28-19(2)36-33-37(29(28)23-10-12-24(43-4)13-11-23)31(38)27(44-33)16-22-14-25(34)30(26(15-22)40-3)42-18-21-8-6-20(17-35)7-9-21/h6-16,29H,5,18H2,1-4H3/b27-16+/t29-/m1/s1. The van der Waals surface area contributed by atoms with Gasteiger partial charge in [-0.05, 0) is 95.2 Å². The molecule has 0 bridgehead atoms. The van der Waals surface area contributed by atoms with Gasteiger partial charge in [-0.25, -0.2) is 9.79 Å². The molecule has 0 spiro atoms. The van der Waals surface area contributed by atoms with E-state index in [1.54, 1.807) is 61.6 Å². The van der Waals surface area contributed by atoms with Gasteiger partial charge in [-0.2, -0.15) is 5.26 Å². The van der Waals surface area contributed by atoms with Crippen molar-refractivity contribution in [3.05, 3.63) is 118 Å². The largest absolute Gasteiger partial charge is 0.493 e. The number of halogens is 1. The van der Waals surface area contributed by atoms with Crippen molar-refractivity contribution >= 4 is 51.1 Å². The number of allylic oxidation sites excluding steroid dienone is 1. The van der Waals surface area contributed by atoms with E-state index in [9.17, 15) is 9.59 Å². The Hall–Kier alpha value is -4.11. The number of hydrogen-bond donors (Lipinski definition) is 0. The second-order valence-corrected chi connectivity index (χ2v) is 12.5. The topological polar surface area (TPSA) is 103 Å². The van der Waals surface area contributed by atoms with E-state index in [0.29, 0.717) is 47.7 Å². The Morgan fingerprint density at radius 1 is 1.18 bits per heavy atom. The van der Waals surface area contributed by atoms with Crippen LogP contribution in [0.25, 0.3) is 6.08 Å². The first-order valence-corrected chi connectivity index (χ1v) is 16.4. The maximum absolute atomic E-state index is 14.0. The summed E-state index contributed by atoms with van der Waals surface area (Å²) in [6.45, 7) is 4.01. The van der Waals surface area contributed by atoms with E-state index in [4.69, 9.17) is 19.5 Å². The number of fused-ring (bicyclic) bond motifs is 1. The molecule has 0 aliphatic carbocycles. The van der Waals surface area contributed by atoms with Crippen molar-refractivity contribution in [3.8, 4) is 17.6 Å². The number of thioether (sulfide) groups is 1. The highest BCUT2D eigenvalue weighted by Crippen LogP contribution is 2.37. The number of methoxy groups -OCH3 is 1. The lowest BCUT2D eigenvalue weighted by Crippen LogP contribution is -2.39. The Balaban J connectivity index is 1.55. The van der Waals surface area contributed by atoms with E-state index < -0.39 is 12.0 Å². The number of esters is 1. The average molecular weight is 691 g/mol. The van der Waals surface area contributed by atoms with Crippen LogP contribution >= 0.6 is 39.0 Å². The van der Waals surface area contributed by atoms with Crippen LogP contribution in [0.1, 0.15) is 42.1 Å². The molecule has 4 aromatic rings. The predicted molar refractivity (Wildman–Crippen MR) is 175 cm³/mol. The zero-order valence-corrected chi connectivity index (χ0v) is 27.6. The van der Waals surface area contributed by atoms with Crippen molar-refractivity contribution in [3.63, 3.8) is 0 Å². The first-order chi connectivity index (χ1) is 21.3. The van der Waals surface area contributed by atoms with Gasteiger partial charge in [0.15, 0.2) is 16.3 Å². The number of nitrogens with zero attached hydrogens (tertiary/aromatic N) is 3. The van der Waals surface area contributed by atoms with Crippen molar-refractivity contribution in [1.82, 2.24) is 4.57 Å². The van der Waals surface area contributed by atoms with Gasteiger partial charge in [-0.1, -0.05) is 35.6 Å². The quantitative estimate of drug-likeness (QED) is 0.163. The van der Waals surface area contributed by atoms with Crippen LogP contribution in [-0.2, 0) is 16.1 Å². The van der Waals surface area contributed by atoms with E-state index in [1.165, 1.54) is 11.3 Å². The van der Waals surface area contributed by atoms with Crippen LogP contribution in [0.2, 0.25) is 0 Å². The molecule has 0 fully saturated rings. The number of carbonyl (C=O) groups is 1. The van der Waals surface area contributed by atoms with Gasteiger partial charge in [-0.15, -0.1) is 11.8 Å². The summed E-state index contributed by atoms with van der Waals surface area (Å²) < 4.78 is 19.8. The summed E-state index contributed by atoms with van der Waals surface area (Å²) in [5.41, 5.74) is 3.58. The second-order valence-electron chi connectivity index (χ2n) is 9.71. The number of thiazole rings is 1. The Kier molecular flexibility index (Phi) is 9.74. The third-order valence-electron chi connectivity index (χ3n) is 6.96. The van der Waals surface area contributed by atoms with Gasteiger partial charge in [-0.3, -0.25) is 9.36 Å². The third-order valence-corrected chi connectivity index (χ3v) is 9.28. The highest BCUT2D eigenvalue weighted by atomic mass is 79.9. The highest BCUT2D eigenvalue weighted by Gasteiger charge is 2.33. The van der Waals surface area contributed by atoms with Gasteiger partial charge in [0.05, 0.1) is 51.7 Å². The molecule has 1 aliphatic rings. The molecule has 0 N–H and O–H groups in total. The zero-order valence-electron chi connectivity index (χ0n) is 24.4. The number of ether oxygens (including phenoxy) is 3. The fourth-order valence-corrected chi connectivity index (χ4v) is 6.87. The van der Waals surface area contributed by atoms with Crippen LogP contribution in [0.5, 0.6) is 11.5 Å². The fraction of sp³-hybridized carbons (Fsp3) is 0.212. The number of rotatable bonds is 9. The number of hydrogen-bond acceptors (Lipinski definition) is 9. The number of benzene rings is 3. The molecule has 0 unspecified atom stereocenters. The Bertz CT molecular complexity index is 1970. The summed E-state index contributed by atoms with van der Waals surface area (Å²) in [6, 6.07) is 20.1. The van der Waals surface area contributed by atoms with Gasteiger partial charge < -0.3 is 14.2 Å². The molecule has 224 valence electrons. The smallest absolute Gasteiger partial charge is 0.338 e. The SMILES string of the molecule is CCOC(=O)C1=C(C)N=c2s/c(=C/c3cc(Br)c(OCc4ccc(C#N)cc4)c(OC)c3)c(=O)n2[C@@H]1c1ccc(SC)cc1. The number of carbonyl (C=O) groups excluding carboxylic acids is 1. The summed E-state index contributed by atoms with van der Waals surface area (Å²) in [5, 5.41) is 9.03. The van der Waals surface area contributed by atoms with Crippen molar-refractivity contribution in [2.75, 3.05) is 20.0 Å². The molecular formula is C33H28BrN3O5S2. The van der Waals surface area contributed by atoms with Gasteiger partial charge in [0.1, 0.15) is 6.61 Å². The molecule has 11 heteroatoms. The van der Waals surface area contributed by atoms with E-state index in [1.807, 2.05) is 48.7 Å². The molecule has 2 heterocycles. The number of aromatic nitrogens is 1. The lowest BCUT2D eigenvalue weighted by atomic mass is 9.96. The van der Waals surface area contributed by atoms with Crippen LogP contribution in [0, 0.1) is 11.3 Å². The van der Waals surface area contributed by atoms with Crippen molar-refractivity contribution < 1.29 is 19.0 Å². The third kappa shape index (κ3) is 6.38. The normalized spacial score (nSPS) is 14.5. The monoisotopic (exact) mass is 689 g/mol. The molecule has 8 nitrogen and oxygen atoms in total. The molecule has 1 aliphatic heterocycles. The minimum Gasteiger partial charge on any atom is -0.493 e. The van der Waals surface area contributed by atoms with Crippen molar-refractivity contribution in [2.45, 2.75) is 31.4 Å². The average Bonchev–Trinajstić information content (AvgIpc) is 3.33. The Morgan fingerprint density at radius 3 is 2.55 bits per heavy atom. The van der Waals surface area contributed by atoms with E-state index in [-0.39, 0.29) is 18.8 Å². The van der Waals surface area contributed by atoms with Crippen LogP contribution < -0.4 is 24.4 Å². The van der Waals surface area contributed by atoms with Gasteiger partial charge >= 0.3 is 5.97 Å². The molecule has 0 amide bonds. The fourth-order valence-electron chi connectivity index (χ4n) is 4.84. The lowest BCUT2D eigenvalue weighted by molar-refractivity contribution is -0.139. The molecule has 3 aromatic carbocycles. The van der Waals surface area contributed by atoms with Crippen LogP contribution in [-0.4, -0.2) is 30.5 Å². The second kappa shape index (κ2) is 13.7. The number of nitriles is 1. The molecular weight excluding hydrogens is 662 g/mol. The summed E-state index contributed by atoms with van der Waals surface area (Å²) in [5.74, 6) is 0.505. The van der Waals surface area contributed by atoms with Gasteiger partial charge in [0, 0.05) is 4.90 Å². The summed E-state index contributed by atoms with van der Waals surface area (Å²) in [6.07, 6.45) is 3.77. The molecule has 1 atom stereocenters. The molecule has 1 aromatic heterocycles. The minimum absolute atomic E-state index is 0.210. The summed E-state index contributed by atoms with van der Waals surface area (Å²) in [7, 11) is 1.55. The van der Waals surface area contributed by atoms with Crippen molar-refractivity contribution in [1.29, 1.82) is 5.26 Å². The van der Waals surface area contributed by atoms with Crippen molar-refractivity contribution in [2.24, 2.45) is 4.99 Å². The summed E-state index contributed by atoms with van der Waals surface area (Å²) in [4.78, 5) is 33.4. The Morgan fingerprint density at radius 2 is 1.91 bits per heavy atom. The predicted octanol–water partition coefficient (Wildman–Crippen LogP) is 5.74. The van der Waals surface area contributed by atoms with E-state index in [2.05, 4.69) is 27.0 Å². The van der Waals surface area contributed by atoms with Gasteiger partial charge in [0.2, 0.25) is 0 Å². The first-order valence-electron chi connectivity index (χ1n) is 13.6. The lowest BCUT2D eigenvalue weighted by Gasteiger charge is -2.24. The molecule has 0 radical (unpaired) electrons.